The molecule has 1 aromatic rings. The van der Waals surface area contributed by atoms with Gasteiger partial charge in [-0.05, 0) is 43.1 Å². The molecule has 0 radical (unpaired) electrons. The van der Waals surface area contributed by atoms with Crippen LogP contribution in [0.15, 0.2) is 18.2 Å². The largest absolute Gasteiger partial charge is 0.491 e. The predicted octanol–water partition coefficient (Wildman–Crippen LogP) is 1.11. The van der Waals surface area contributed by atoms with Crippen LogP contribution in [0.5, 0.6) is 0 Å². The van der Waals surface area contributed by atoms with Crippen molar-refractivity contribution >= 4 is 23.6 Å². The SMILES string of the molecule is O=C(CN1CCN(C(=O)CCC(=O)c2ccc3c(c2)CCNCC3)CC1)OC(=O)C(F)(F)F. The Morgan fingerprint density at radius 3 is 2.27 bits per heavy atom. The Morgan fingerprint density at radius 2 is 1.61 bits per heavy atom. The van der Waals surface area contributed by atoms with Crippen molar-refractivity contribution in [2.75, 3.05) is 45.8 Å². The topological polar surface area (TPSA) is 96.0 Å². The van der Waals surface area contributed by atoms with Crippen molar-refractivity contribution in [2.45, 2.75) is 31.9 Å². The lowest BCUT2D eigenvalue weighted by Crippen LogP contribution is -2.50. The van der Waals surface area contributed by atoms with Gasteiger partial charge in [0.15, 0.2) is 5.78 Å². The van der Waals surface area contributed by atoms with E-state index in [-0.39, 0.29) is 50.7 Å². The van der Waals surface area contributed by atoms with Crippen molar-refractivity contribution < 1.29 is 37.1 Å². The zero-order valence-electron chi connectivity index (χ0n) is 18.1. The number of nitrogens with one attached hydrogen (secondary N) is 1. The number of rotatable bonds is 6. The second-order valence-corrected chi connectivity index (χ2v) is 8.07. The maximum absolute atomic E-state index is 12.6. The summed E-state index contributed by atoms with van der Waals surface area (Å²) in [4.78, 5) is 50.3. The Balaban J connectivity index is 1.41. The van der Waals surface area contributed by atoms with Crippen LogP contribution in [0, 0.1) is 0 Å². The van der Waals surface area contributed by atoms with Gasteiger partial charge in [-0.15, -0.1) is 0 Å². The molecule has 0 unspecified atom stereocenters. The first kappa shape index (κ1) is 24.8. The third-order valence-corrected chi connectivity index (χ3v) is 5.75. The van der Waals surface area contributed by atoms with Crippen molar-refractivity contribution in [3.63, 3.8) is 0 Å². The highest BCUT2D eigenvalue weighted by molar-refractivity contribution is 5.98. The van der Waals surface area contributed by atoms with Gasteiger partial charge in [-0.2, -0.15) is 13.2 Å². The zero-order valence-corrected chi connectivity index (χ0v) is 18.1. The smallest absolute Gasteiger partial charge is 0.385 e. The minimum absolute atomic E-state index is 0.0552. The van der Waals surface area contributed by atoms with Crippen molar-refractivity contribution in [1.29, 1.82) is 0 Å². The predicted molar refractivity (Wildman–Crippen MR) is 110 cm³/mol. The fraction of sp³-hybridized carbons (Fsp3) is 0.545. The van der Waals surface area contributed by atoms with Crippen LogP contribution in [0.1, 0.15) is 34.3 Å². The van der Waals surface area contributed by atoms with Crippen LogP contribution in [-0.4, -0.2) is 85.4 Å². The van der Waals surface area contributed by atoms with Gasteiger partial charge in [0, 0.05) is 44.6 Å². The molecular formula is C22H26F3N3O5. The van der Waals surface area contributed by atoms with Gasteiger partial charge < -0.3 is 15.0 Å². The Bertz CT molecular complexity index is 911. The van der Waals surface area contributed by atoms with E-state index in [1.54, 1.807) is 11.0 Å². The number of carbonyl (C=O) groups is 4. The molecule has 1 aromatic carbocycles. The van der Waals surface area contributed by atoms with Crippen molar-refractivity contribution in [3.05, 3.63) is 34.9 Å². The van der Waals surface area contributed by atoms with Gasteiger partial charge in [-0.25, -0.2) is 4.79 Å². The molecule has 8 nitrogen and oxygen atoms in total. The molecule has 2 aliphatic heterocycles. The number of esters is 2. The number of hydrogen-bond acceptors (Lipinski definition) is 7. The van der Waals surface area contributed by atoms with Gasteiger partial charge in [0.1, 0.15) is 0 Å². The zero-order chi connectivity index (χ0) is 24.0. The van der Waals surface area contributed by atoms with Crippen LogP contribution in [0.2, 0.25) is 0 Å². The number of nitrogens with zero attached hydrogens (tertiary/aromatic N) is 2. The van der Waals surface area contributed by atoms with Crippen molar-refractivity contribution in [3.8, 4) is 0 Å². The van der Waals surface area contributed by atoms with E-state index in [0.717, 1.165) is 31.5 Å². The highest BCUT2D eigenvalue weighted by atomic mass is 19.4. The summed E-state index contributed by atoms with van der Waals surface area (Å²) in [7, 11) is 0. The van der Waals surface area contributed by atoms with Gasteiger partial charge >= 0.3 is 18.1 Å². The van der Waals surface area contributed by atoms with Gasteiger partial charge in [0.2, 0.25) is 5.91 Å². The highest BCUT2D eigenvalue weighted by Gasteiger charge is 2.42. The lowest BCUT2D eigenvalue weighted by atomic mass is 9.97. The average molecular weight is 469 g/mol. The number of piperazine rings is 1. The maximum atomic E-state index is 12.6. The number of halogens is 3. The third-order valence-electron chi connectivity index (χ3n) is 5.75. The third kappa shape index (κ3) is 7.10. The van der Waals surface area contributed by atoms with Gasteiger partial charge in [0.25, 0.3) is 0 Å². The molecule has 180 valence electrons. The van der Waals surface area contributed by atoms with E-state index in [2.05, 4.69) is 10.1 Å². The number of hydrogen-bond donors (Lipinski definition) is 1. The van der Waals surface area contributed by atoms with E-state index in [1.807, 2.05) is 12.1 Å². The molecule has 0 aliphatic carbocycles. The minimum Gasteiger partial charge on any atom is -0.385 e. The van der Waals surface area contributed by atoms with Gasteiger partial charge in [-0.1, -0.05) is 12.1 Å². The fourth-order valence-corrected chi connectivity index (χ4v) is 3.90. The number of Topliss-reactive ketones (excluding diaryl/α,β-unsaturated/α-hetero) is 1. The molecule has 33 heavy (non-hydrogen) atoms. The summed E-state index contributed by atoms with van der Waals surface area (Å²) in [6, 6.07) is 5.69. The molecule has 1 fully saturated rings. The lowest BCUT2D eigenvalue weighted by Gasteiger charge is -2.34. The van der Waals surface area contributed by atoms with E-state index < -0.39 is 24.7 Å². The molecule has 1 saturated heterocycles. The Kier molecular flexibility index (Phi) is 8.20. The monoisotopic (exact) mass is 469 g/mol. The van der Waals surface area contributed by atoms with E-state index >= 15 is 0 Å². The number of ketones is 1. The number of alkyl halides is 3. The van der Waals surface area contributed by atoms with Crippen molar-refractivity contribution in [2.24, 2.45) is 0 Å². The number of carbonyl (C=O) groups excluding carboxylic acids is 4. The first-order valence-corrected chi connectivity index (χ1v) is 10.8. The van der Waals surface area contributed by atoms with E-state index in [9.17, 15) is 32.3 Å². The standard InChI is InChI=1S/C22H26F3N3O5/c23-22(24,25)21(32)33-20(31)14-27-9-11-28(12-10-27)19(30)4-3-18(29)17-2-1-15-5-7-26-8-6-16(15)13-17/h1-2,13,26H,3-12,14H2. The van der Waals surface area contributed by atoms with Gasteiger partial charge in [0.05, 0.1) is 6.54 Å². The van der Waals surface area contributed by atoms with E-state index in [0.29, 0.717) is 5.56 Å². The first-order valence-electron chi connectivity index (χ1n) is 10.8. The molecule has 1 amide bonds. The molecular weight excluding hydrogens is 443 g/mol. The Labute approximate surface area is 189 Å². The number of ether oxygens (including phenoxy) is 1. The summed E-state index contributed by atoms with van der Waals surface area (Å²) in [5.41, 5.74) is 2.99. The summed E-state index contributed by atoms with van der Waals surface area (Å²) in [6.07, 6.45) is -3.31. The molecule has 0 bridgehead atoms. The quantitative estimate of drug-likeness (QED) is 0.379. The van der Waals surface area contributed by atoms with Crippen LogP contribution in [0.3, 0.4) is 0 Å². The van der Waals surface area contributed by atoms with Crippen LogP contribution in [0.4, 0.5) is 13.2 Å². The fourth-order valence-electron chi connectivity index (χ4n) is 3.90. The number of amides is 1. The second kappa shape index (κ2) is 10.9. The van der Waals surface area contributed by atoms with Gasteiger partial charge in [-0.3, -0.25) is 19.3 Å². The molecule has 0 aromatic heterocycles. The second-order valence-electron chi connectivity index (χ2n) is 8.07. The molecule has 11 heteroatoms. The first-order chi connectivity index (χ1) is 15.6. The number of benzene rings is 1. The highest BCUT2D eigenvalue weighted by Crippen LogP contribution is 2.18. The van der Waals surface area contributed by atoms with Crippen LogP contribution in [-0.2, 0) is 32.0 Å². The minimum atomic E-state index is -5.23. The summed E-state index contributed by atoms with van der Waals surface area (Å²) in [5.74, 6) is -4.13. The Morgan fingerprint density at radius 1 is 0.939 bits per heavy atom. The van der Waals surface area contributed by atoms with E-state index in [1.165, 1.54) is 10.5 Å². The molecule has 2 aliphatic rings. The van der Waals surface area contributed by atoms with Crippen LogP contribution in [0.25, 0.3) is 0 Å². The summed E-state index contributed by atoms with van der Waals surface area (Å²) < 4.78 is 40.2. The van der Waals surface area contributed by atoms with Crippen LogP contribution < -0.4 is 5.32 Å². The molecule has 0 atom stereocenters. The summed E-state index contributed by atoms with van der Waals surface area (Å²) in [5, 5.41) is 3.32. The molecule has 3 rings (SSSR count). The average Bonchev–Trinajstić information content (AvgIpc) is 3.02. The summed E-state index contributed by atoms with van der Waals surface area (Å²) in [6.45, 7) is 2.32. The molecule has 1 N–H and O–H groups in total. The molecule has 0 spiro atoms. The maximum Gasteiger partial charge on any atom is 0.491 e. The Hall–Kier alpha value is -2.79. The lowest BCUT2D eigenvalue weighted by molar-refractivity contribution is -0.202. The van der Waals surface area contributed by atoms with Crippen LogP contribution >= 0.6 is 0 Å². The molecule has 0 saturated carbocycles. The molecule has 2 heterocycles. The summed E-state index contributed by atoms with van der Waals surface area (Å²) >= 11 is 0. The normalized spacial score (nSPS) is 17.1. The van der Waals surface area contributed by atoms with Crippen molar-refractivity contribution in [1.82, 2.24) is 15.1 Å². The van der Waals surface area contributed by atoms with E-state index in [4.69, 9.17) is 0 Å². The number of fused-ring (bicyclic) bond motifs is 1.